The van der Waals surface area contributed by atoms with E-state index in [1.165, 1.54) is 64.3 Å². The lowest BCUT2D eigenvalue weighted by molar-refractivity contribution is 0.0243. The van der Waals surface area contributed by atoms with Gasteiger partial charge in [-0.15, -0.1) is 0 Å². The largest absolute Gasteiger partial charge is 0.329 e. The molecule has 0 radical (unpaired) electrons. The molecule has 4 unspecified atom stereocenters. The second-order valence-corrected chi connectivity index (χ2v) is 6.90. The van der Waals surface area contributed by atoms with Gasteiger partial charge in [0.1, 0.15) is 0 Å². The number of nitrogens with zero attached hydrogens (tertiary/aromatic N) is 1. The van der Waals surface area contributed by atoms with E-state index >= 15 is 0 Å². The van der Waals surface area contributed by atoms with Crippen molar-refractivity contribution in [2.75, 3.05) is 13.1 Å². The van der Waals surface area contributed by atoms with Crippen LogP contribution >= 0.6 is 0 Å². The maximum atomic E-state index is 6.29. The summed E-state index contributed by atoms with van der Waals surface area (Å²) in [5.41, 5.74) is 6.68. The van der Waals surface area contributed by atoms with Crippen molar-refractivity contribution in [1.29, 1.82) is 0 Å². The molecule has 3 rings (SSSR count). The SMILES string of the molecule is CCC1CCCC1(CN)N1CCC2CCCCC21. The van der Waals surface area contributed by atoms with Gasteiger partial charge in [-0.1, -0.05) is 32.6 Å². The van der Waals surface area contributed by atoms with Gasteiger partial charge in [0, 0.05) is 18.1 Å². The first-order valence-corrected chi connectivity index (χ1v) is 8.28. The Hall–Kier alpha value is -0.0800. The van der Waals surface area contributed by atoms with E-state index in [1.807, 2.05) is 0 Å². The molecule has 2 N–H and O–H groups in total. The minimum atomic E-state index is 0.380. The van der Waals surface area contributed by atoms with Crippen LogP contribution in [0.25, 0.3) is 0 Å². The fraction of sp³-hybridized carbons (Fsp3) is 1.00. The molecule has 2 nitrogen and oxygen atoms in total. The van der Waals surface area contributed by atoms with Crippen molar-refractivity contribution in [3.05, 3.63) is 0 Å². The summed E-state index contributed by atoms with van der Waals surface area (Å²) < 4.78 is 0. The van der Waals surface area contributed by atoms with Crippen molar-refractivity contribution >= 4 is 0 Å². The molecule has 0 aromatic heterocycles. The van der Waals surface area contributed by atoms with Gasteiger partial charge in [0.05, 0.1) is 0 Å². The van der Waals surface area contributed by atoms with Crippen molar-refractivity contribution < 1.29 is 0 Å². The molecule has 2 heteroatoms. The van der Waals surface area contributed by atoms with Crippen LogP contribution < -0.4 is 5.73 Å². The zero-order chi connectivity index (χ0) is 12.6. The first-order chi connectivity index (χ1) is 8.81. The Morgan fingerprint density at radius 3 is 2.72 bits per heavy atom. The Labute approximate surface area is 112 Å². The monoisotopic (exact) mass is 250 g/mol. The second-order valence-electron chi connectivity index (χ2n) is 6.90. The minimum absolute atomic E-state index is 0.380. The summed E-state index contributed by atoms with van der Waals surface area (Å²) in [6, 6.07) is 0.884. The summed E-state index contributed by atoms with van der Waals surface area (Å²) in [4.78, 5) is 2.90. The van der Waals surface area contributed by atoms with Gasteiger partial charge >= 0.3 is 0 Å². The van der Waals surface area contributed by atoms with E-state index in [1.54, 1.807) is 0 Å². The molecule has 0 bridgehead atoms. The predicted molar refractivity (Wildman–Crippen MR) is 76.5 cm³/mol. The molecule has 0 aromatic carbocycles. The van der Waals surface area contributed by atoms with Crippen LogP contribution in [0.2, 0.25) is 0 Å². The lowest BCUT2D eigenvalue weighted by Crippen LogP contribution is -2.58. The average molecular weight is 250 g/mol. The number of nitrogens with two attached hydrogens (primary N) is 1. The highest BCUT2D eigenvalue weighted by molar-refractivity contribution is 5.07. The van der Waals surface area contributed by atoms with E-state index in [9.17, 15) is 0 Å². The molecule has 2 aliphatic carbocycles. The molecular weight excluding hydrogens is 220 g/mol. The Balaban J connectivity index is 1.83. The molecule has 4 atom stereocenters. The van der Waals surface area contributed by atoms with Crippen molar-refractivity contribution in [3.63, 3.8) is 0 Å². The minimum Gasteiger partial charge on any atom is -0.329 e. The number of hydrogen-bond acceptors (Lipinski definition) is 2. The maximum absolute atomic E-state index is 6.29. The van der Waals surface area contributed by atoms with E-state index in [2.05, 4.69) is 11.8 Å². The first-order valence-electron chi connectivity index (χ1n) is 8.28. The average Bonchev–Trinajstić information content (AvgIpc) is 3.02. The molecule has 1 saturated heterocycles. The van der Waals surface area contributed by atoms with Crippen LogP contribution in [0, 0.1) is 11.8 Å². The number of rotatable bonds is 3. The molecular formula is C16H30N2. The summed E-state index contributed by atoms with van der Waals surface area (Å²) in [5.74, 6) is 1.86. The van der Waals surface area contributed by atoms with Crippen LogP contribution in [0.5, 0.6) is 0 Å². The quantitative estimate of drug-likeness (QED) is 0.833. The lowest BCUT2D eigenvalue weighted by atomic mass is 9.79. The van der Waals surface area contributed by atoms with Gasteiger partial charge in [-0.05, 0) is 50.5 Å². The van der Waals surface area contributed by atoms with E-state index in [-0.39, 0.29) is 0 Å². The third kappa shape index (κ3) is 1.84. The highest BCUT2D eigenvalue weighted by Gasteiger charge is 2.51. The number of hydrogen-bond donors (Lipinski definition) is 1. The normalized spacial score (nSPS) is 45.3. The Morgan fingerprint density at radius 1 is 1.11 bits per heavy atom. The van der Waals surface area contributed by atoms with Crippen LogP contribution in [-0.4, -0.2) is 29.6 Å². The van der Waals surface area contributed by atoms with Crippen LogP contribution in [0.15, 0.2) is 0 Å². The summed E-state index contributed by atoms with van der Waals surface area (Å²) in [6.07, 6.45) is 12.8. The molecule has 0 amide bonds. The van der Waals surface area contributed by atoms with E-state index < -0.39 is 0 Å². The topological polar surface area (TPSA) is 29.3 Å². The lowest BCUT2D eigenvalue weighted by Gasteiger charge is -2.47. The van der Waals surface area contributed by atoms with Gasteiger partial charge in [0.15, 0.2) is 0 Å². The van der Waals surface area contributed by atoms with Crippen molar-refractivity contribution in [3.8, 4) is 0 Å². The van der Waals surface area contributed by atoms with Gasteiger partial charge in [-0.2, -0.15) is 0 Å². The summed E-state index contributed by atoms with van der Waals surface area (Å²) in [7, 11) is 0. The van der Waals surface area contributed by atoms with Crippen molar-refractivity contribution in [2.45, 2.75) is 76.3 Å². The van der Waals surface area contributed by atoms with Gasteiger partial charge < -0.3 is 5.73 Å². The smallest absolute Gasteiger partial charge is 0.0362 e. The third-order valence-electron chi connectivity index (χ3n) is 6.35. The van der Waals surface area contributed by atoms with Crippen LogP contribution in [-0.2, 0) is 0 Å². The molecule has 0 spiro atoms. The third-order valence-corrected chi connectivity index (χ3v) is 6.35. The molecule has 2 saturated carbocycles. The van der Waals surface area contributed by atoms with Gasteiger partial charge in [-0.3, -0.25) is 4.90 Å². The summed E-state index contributed by atoms with van der Waals surface area (Å²) in [6.45, 7) is 4.60. The zero-order valence-electron chi connectivity index (χ0n) is 12.0. The van der Waals surface area contributed by atoms with Crippen LogP contribution in [0.1, 0.15) is 64.7 Å². The Morgan fingerprint density at radius 2 is 1.94 bits per heavy atom. The highest BCUT2D eigenvalue weighted by Crippen LogP contribution is 2.48. The van der Waals surface area contributed by atoms with Gasteiger partial charge in [0.25, 0.3) is 0 Å². The summed E-state index contributed by atoms with van der Waals surface area (Å²) in [5, 5.41) is 0. The standard InChI is InChI=1S/C16H30N2/c1-2-14-7-5-10-16(14,12-17)18-11-9-13-6-3-4-8-15(13)18/h13-15H,2-12,17H2,1H3. The molecule has 104 valence electrons. The van der Waals surface area contributed by atoms with Gasteiger partial charge in [0.2, 0.25) is 0 Å². The Bertz CT molecular complexity index is 291. The molecule has 3 fully saturated rings. The maximum Gasteiger partial charge on any atom is 0.0362 e. The van der Waals surface area contributed by atoms with Crippen molar-refractivity contribution in [1.82, 2.24) is 4.90 Å². The summed E-state index contributed by atoms with van der Waals surface area (Å²) >= 11 is 0. The second kappa shape index (κ2) is 5.13. The van der Waals surface area contributed by atoms with Crippen molar-refractivity contribution in [2.24, 2.45) is 17.6 Å². The van der Waals surface area contributed by atoms with E-state index in [0.717, 1.165) is 24.4 Å². The number of likely N-dealkylation sites (tertiary alicyclic amines) is 1. The fourth-order valence-electron chi connectivity index (χ4n) is 5.43. The molecule has 3 aliphatic rings. The van der Waals surface area contributed by atoms with E-state index in [0.29, 0.717) is 5.54 Å². The zero-order valence-corrected chi connectivity index (χ0v) is 12.0. The van der Waals surface area contributed by atoms with Gasteiger partial charge in [-0.25, -0.2) is 0 Å². The van der Waals surface area contributed by atoms with E-state index in [4.69, 9.17) is 5.73 Å². The fourth-order valence-corrected chi connectivity index (χ4v) is 5.43. The molecule has 0 aromatic rings. The highest BCUT2D eigenvalue weighted by atomic mass is 15.3. The molecule has 1 heterocycles. The molecule has 1 aliphatic heterocycles. The van der Waals surface area contributed by atoms with Crippen LogP contribution in [0.3, 0.4) is 0 Å². The Kier molecular flexibility index (Phi) is 3.68. The number of fused-ring (bicyclic) bond motifs is 1. The van der Waals surface area contributed by atoms with Crippen LogP contribution in [0.4, 0.5) is 0 Å². The molecule has 18 heavy (non-hydrogen) atoms. The predicted octanol–water partition coefficient (Wildman–Crippen LogP) is 3.16. The first kappa shape index (κ1) is 12.9.